The minimum absolute atomic E-state index is 0. The normalized spacial score (nSPS) is 2.33. The Labute approximate surface area is 103 Å². The zero-order valence-electron chi connectivity index (χ0n) is 11.2. The van der Waals surface area contributed by atoms with Crippen molar-refractivity contribution in [1.82, 2.24) is 71.5 Å². The molecule has 0 aliphatic carbocycles. The second kappa shape index (κ2) is 257. The Morgan fingerprint density at radius 2 is 0.467 bits per heavy atom. The smallest absolute Gasteiger partial charge is 0.321 e. The van der Waals surface area contributed by atoms with Gasteiger partial charge in [0, 0.05) is 0 Å². The van der Waals surface area contributed by atoms with Crippen LogP contribution in [0.25, 0.3) is 0 Å². The number of hydrogen-bond acceptors (Lipinski definition) is 12. The van der Waals surface area contributed by atoms with E-state index in [0.717, 1.165) is 0 Å². The number of nitrogens with zero attached hydrogens (tertiary/aromatic N) is 1. The van der Waals surface area contributed by atoms with Gasteiger partial charge in [0.2, 0.25) is 0 Å². The molecular weight excluding hydrogens is 219 g/mol. The molecule has 12 nitrogen and oxygen atoms in total. The zero-order valence-corrected chi connectivity index (χ0v) is 13.2. The molecule has 0 radical (unpaired) electrons. The van der Waals surface area contributed by atoms with Crippen molar-refractivity contribution >= 4 is 16.5 Å². The zero-order chi connectivity index (χ0) is 3.58. The molecule has 0 heterocycles. The monoisotopic (exact) mass is 260 g/mol. The van der Waals surface area contributed by atoms with Gasteiger partial charge < -0.3 is 71.5 Å². The van der Waals surface area contributed by atoms with Crippen molar-refractivity contribution in [3.63, 3.8) is 0 Å². The van der Waals surface area contributed by atoms with Gasteiger partial charge in [0.15, 0.2) is 0 Å². The lowest BCUT2D eigenvalue weighted by Gasteiger charge is -1.91. The Hall–Kier alpha value is 0.0525. The first kappa shape index (κ1) is 319. The van der Waals surface area contributed by atoms with Crippen LogP contribution in [0.4, 0.5) is 0 Å². The van der Waals surface area contributed by atoms with Gasteiger partial charge in [-0.15, -0.1) is 0 Å². The summed E-state index contributed by atoms with van der Waals surface area (Å²) in [5.41, 5.74) is 0. The molecule has 0 fully saturated rings. The first-order valence-corrected chi connectivity index (χ1v) is 2.24. The van der Waals surface area contributed by atoms with Crippen LogP contribution >= 0.6 is 0 Å². The lowest BCUT2D eigenvalue weighted by atomic mass is 11.3. The molecule has 0 aliphatic heterocycles. The van der Waals surface area contributed by atoms with Crippen molar-refractivity contribution in [2.24, 2.45) is 0 Å². The summed E-state index contributed by atoms with van der Waals surface area (Å²) in [5, 5.41) is 0. The van der Waals surface area contributed by atoms with Gasteiger partial charge >= 0.3 is 16.5 Å². The molecule has 0 rings (SSSR count). The average molecular weight is 260 g/mol. The fourth-order valence-electron chi connectivity index (χ4n) is 0. The van der Waals surface area contributed by atoms with E-state index < -0.39 is 0 Å². The van der Waals surface area contributed by atoms with Gasteiger partial charge in [-0.3, -0.25) is 0 Å². The Balaban J connectivity index is -0.000000000818. The molecule has 0 unspecified atom stereocenters. The van der Waals surface area contributed by atoms with Crippen LogP contribution in [0.15, 0.2) is 0 Å². The van der Waals surface area contributed by atoms with Crippen molar-refractivity contribution in [1.29, 1.82) is 0 Å². The molecule has 0 aromatic rings. The molecule has 33 N–H and O–H groups in total. The van der Waals surface area contributed by atoms with Gasteiger partial charge in [-0.05, 0) is 14.1 Å². The van der Waals surface area contributed by atoms with E-state index in [4.69, 9.17) is 0 Å². The lowest BCUT2D eigenvalue weighted by Crippen LogP contribution is -2.02. The molecule has 0 aromatic heterocycles. The van der Waals surface area contributed by atoms with Crippen LogP contribution in [0.1, 0.15) is 0 Å². The Morgan fingerprint density at radius 1 is 0.467 bits per heavy atom. The topological polar surface area (TPSA) is 388 Å². The molecule has 0 saturated carbocycles. The van der Waals surface area contributed by atoms with Gasteiger partial charge in [0.1, 0.15) is 0 Å². The van der Waals surface area contributed by atoms with Crippen LogP contribution in [0.3, 0.4) is 0 Å². The van der Waals surface area contributed by atoms with Crippen LogP contribution in [0, 0.1) is 0 Å². The van der Waals surface area contributed by atoms with E-state index in [1.54, 1.807) is 0 Å². The summed E-state index contributed by atoms with van der Waals surface area (Å²) < 4.78 is 2.14. The molecular formula is C2H41AlN12. The molecule has 0 spiro atoms. The third-order valence-corrected chi connectivity index (χ3v) is 0. The summed E-state index contributed by atoms with van der Waals surface area (Å²) >= 11 is 1.18. The summed E-state index contributed by atoms with van der Waals surface area (Å²) in [6.45, 7) is 0. The molecule has 112 valence electrons. The van der Waals surface area contributed by atoms with Gasteiger partial charge in [0.25, 0.3) is 0 Å². The van der Waals surface area contributed by atoms with Gasteiger partial charge in [0.05, 0.1) is 0 Å². The molecule has 0 atom stereocenters. The molecule has 15 heavy (non-hydrogen) atoms. The van der Waals surface area contributed by atoms with E-state index in [1.807, 2.05) is 0 Å². The van der Waals surface area contributed by atoms with Crippen molar-refractivity contribution < 1.29 is 0 Å². The second-order valence-electron chi connectivity index (χ2n) is 1.34. The highest BCUT2D eigenvalue weighted by molar-refractivity contribution is 6.03. The minimum atomic E-state index is 0. The predicted octanol–water partition coefficient (Wildman–Crippen LogP) is 0.878. The van der Waals surface area contributed by atoms with Crippen molar-refractivity contribution in [2.45, 2.75) is 0 Å². The Kier molecular flexibility index (Phi) is 5460. The Bertz CT molecular complexity index is 18.3. The highest BCUT2D eigenvalue weighted by Gasteiger charge is 1.61. The summed E-state index contributed by atoms with van der Waals surface area (Å²) in [7, 11) is 4.12. The first-order chi connectivity index (χ1) is 1.73. The summed E-state index contributed by atoms with van der Waals surface area (Å²) in [4.78, 5) is 0. The number of rotatable bonds is 0. The fourth-order valence-corrected chi connectivity index (χ4v) is 0. The standard InChI is InChI=1S/C2H6N.Al.11H3N.2H/c1-3-2;;;;;;;;;;;;;;/h1-2H3;;11*1H3;;/q-1;+1;;;;;;;;;;;;;. The summed E-state index contributed by atoms with van der Waals surface area (Å²) in [5.74, 6) is 0. The van der Waals surface area contributed by atoms with E-state index in [9.17, 15) is 0 Å². The molecule has 0 aromatic carbocycles. The van der Waals surface area contributed by atoms with Crippen LogP contribution in [-0.2, 0) is 0 Å². The molecule has 0 bridgehead atoms. The third-order valence-electron chi connectivity index (χ3n) is 0. The number of hydrogen-bond donors (Lipinski definition) is 11. The molecule has 0 aliphatic rings. The fraction of sp³-hybridized carbons (Fsp3) is 1.00. The third kappa shape index (κ3) is 742000. The summed E-state index contributed by atoms with van der Waals surface area (Å²) in [6, 6.07) is 0. The minimum Gasteiger partial charge on any atom is -0.396 e. The SMILES string of the molecule is C[N](C)[AlH2].N.N.N.N.N.N.N.N.N.N.N. The lowest BCUT2D eigenvalue weighted by molar-refractivity contribution is 0.679. The first-order valence-electron chi connectivity index (χ1n) is 1.34. The highest BCUT2D eigenvalue weighted by atomic mass is 27.1. The van der Waals surface area contributed by atoms with Gasteiger partial charge in [-0.25, -0.2) is 0 Å². The van der Waals surface area contributed by atoms with Crippen molar-refractivity contribution in [3.8, 4) is 0 Å². The van der Waals surface area contributed by atoms with E-state index in [-0.39, 0.29) is 67.7 Å². The van der Waals surface area contributed by atoms with Crippen LogP contribution in [-0.4, -0.2) is 34.5 Å². The van der Waals surface area contributed by atoms with Crippen molar-refractivity contribution in [3.05, 3.63) is 0 Å². The van der Waals surface area contributed by atoms with Crippen molar-refractivity contribution in [2.75, 3.05) is 14.1 Å². The predicted molar refractivity (Wildman–Crippen MR) is 77.5 cm³/mol. The van der Waals surface area contributed by atoms with Crippen LogP contribution in [0.5, 0.6) is 0 Å². The average Bonchev–Trinajstić information content (AvgIpc) is 0.811. The maximum Gasteiger partial charge on any atom is 0.321 e. The molecule has 13 heteroatoms. The second-order valence-corrected chi connectivity index (χ2v) is 3.13. The maximum absolute atomic E-state index is 2.14. The summed E-state index contributed by atoms with van der Waals surface area (Å²) in [6.07, 6.45) is 0. The largest absolute Gasteiger partial charge is 0.396 e. The van der Waals surface area contributed by atoms with E-state index in [0.29, 0.717) is 0 Å². The molecule has 0 amide bonds. The van der Waals surface area contributed by atoms with Crippen LogP contribution in [0.2, 0.25) is 0 Å². The van der Waals surface area contributed by atoms with Gasteiger partial charge in [-0.2, -0.15) is 0 Å². The van der Waals surface area contributed by atoms with E-state index in [1.165, 1.54) is 16.5 Å². The quantitative estimate of drug-likeness (QED) is 0.270. The molecule has 0 saturated heterocycles. The highest BCUT2D eigenvalue weighted by Crippen LogP contribution is 1.44. The van der Waals surface area contributed by atoms with E-state index >= 15 is 0 Å². The van der Waals surface area contributed by atoms with E-state index in [2.05, 4.69) is 18.0 Å². The maximum atomic E-state index is 2.14. The van der Waals surface area contributed by atoms with Crippen LogP contribution < -0.4 is 67.7 Å². The Morgan fingerprint density at radius 3 is 0.467 bits per heavy atom. The van der Waals surface area contributed by atoms with Gasteiger partial charge in [-0.1, -0.05) is 0 Å².